The van der Waals surface area contributed by atoms with Crippen LogP contribution >= 0.6 is 0 Å². The molecule has 0 radical (unpaired) electrons. The van der Waals surface area contributed by atoms with Gasteiger partial charge in [-0.15, -0.1) is 0 Å². The van der Waals surface area contributed by atoms with Crippen molar-refractivity contribution in [3.05, 3.63) is 144 Å². The van der Waals surface area contributed by atoms with Gasteiger partial charge >= 0.3 is 0 Å². The van der Waals surface area contributed by atoms with Crippen LogP contribution in [0.2, 0.25) is 0 Å². The summed E-state index contributed by atoms with van der Waals surface area (Å²) >= 11 is 0. The monoisotopic (exact) mass is 487 g/mol. The fourth-order valence-corrected chi connectivity index (χ4v) is 5.30. The summed E-state index contributed by atoms with van der Waals surface area (Å²) in [6.45, 7) is 0. The van der Waals surface area contributed by atoms with Crippen LogP contribution in [0.25, 0.3) is 49.1 Å². The van der Waals surface area contributed by atoms with Gasteiger partial charge in [0.1, 0.15) is 11.8 Å². The zero-order valence-electron chi connectivity index (χ0n) is 20.8. The molecular weight excluding hydrogens is 462 g/mol. The van der Waals surface area contributed by atoms with E-state index in [4.69, 9.17) is 11.0 Å². The normalized spacial score (nSPS) is 11.9. The topological polar surface area (TPSA) is 62.7 Å². The molecule has 1 aromatic heterocycles. The van der Waals surface area contributed by atoms with E-state index in [2.05, 4.69) is 108 Å². The van der Waals surface area contributed by atoms with E-state index in [0.717, 1.165) is 12.0 Å². The number of nitrogens with two attached hydrogens (primary N) is 1. The van der Waals surface area contributed by atoms with E-state index in [1.54, 1.807) is 12.3 Å². The maximum Gasteiger partial charge on any atom is 0.141 e. The number of benzene rings is 5. The Bertz CT molecular complexity index is 1860. The molecule has 0 fully saturated rings. The Labute approximate surface area is 221 Å². The van der Waals surface area contributed by atoms with Crippen molar-refractivity contribution in [3.8, 4) is 17.2 Å². The molecule has 1 heterocycles. The molecule has 0 aliphatic rings. The summed E-state index contributed by atoms with van der Waals surface area (Å²) in [5.41, 5.74) is 11.8. The maximum absolute atomic E-state index is 9.11. The van der Waals surface area contributed by atoms with Crippen molar-refractivity contribution in [1.82, 2.24) is 4.98 Å². The molecule has 0 spiro atoms. The number of hydrogen-bond acceptors (Lipinski definition) is 3. The molecule has 6 rings (SSSR count). The molecule has 0 atom stereocenters. The van der Waals surface area contributed by atoms with Gasteiger partial charge in [-0.25, -0.2) is 4.98 Å². The van der Waals surface area contributed by atoms with Gasteiger partial charge in [-0.05, 0) is 73.6 Å². The first-order chi connectivity index (χ1) is 18.7. The summed E-state index contributed by atoms with van der Waals surface area (Å²) in [6, 6.07) is 38.1. The largest absolute Gasteiger partial charge is 0.398 e. The van der Waals surface area contributed by atoms with Gasteiger partial charge in [0.25, 0.3) is 0 Å². The zero-order valence-corrected chi connectivity index (χ0v) is 20.8. The van der Waals surface area contributed by atoms with Gasteiger partial charge in [0.15, 0.2) is 0 Å². The Kier molecular flexibility index (Phi) is 6.14. The van der Waals surface area contributed by atoms with Crippen molar-refractivity contribution >= 4 is 38.0 Å². The fourth-order valence-electron chi connectivity index (χ4n) is 5.30. The molecule has 180 valence electrons. The number of hydrogen-bond donors (Lipinski definition) is 1. The molecule has 3 nitrogen and oxygen atoms in total. The van der Waals surface area contributed by atoms with Gasteiger partial charge in [-0.3, -0.25) is 0 Å². The highest BCUT2D eigenvalue weighted by Gasteiger charge is 2.15. The van der Waals surface area contributed by atoms with Crippen LogP contribution < -0.4 is 5.73 Å². The lowest BCUT2D eigenvalue weighted by Gasteiger charge is -2.18. The van der Waals surface area contributed by atoms with Crippen molar-refractivity contribution in [2.24, 2.45) is 5.73 Å². The Morgan fingerprint density at radius 1 is 0.763 bits per heavy atom. The lowest BCUT2D eigenvalue weighted by Crippen LogP contribution is -1.97. The van der Waals surface area contributed by atoms with E-state index in [0.29, 0.717) is 11.4 Å². The van der Waals surface area contributed by atoms with Crippen molar-refractivity contribution in [1.29, 1.82) is 5.26 Å². The van der Waals surface area contributed by atoms with E-state index in [1.807, 2.05) is 18.2 Å². The average Bonchev–Trinajstić information content (AvgIpc) is 2.98. The van der Waals surface area contributed by atoms with Gasteiger partial charge in [-0.2, -0.15) is 5.26 Å². The Hall–Kier alpha value is -5.20. The zero-order chi connectivity index (χ0) is 25.9. The summed E-state index contributed by atoms with van der Waals surface area (Å²) in [5, 5.41) is 16.6. The number of rotatable bonds is 5. The molecule has 5 aromatic carbocycles. The van der Waals surface area contributed by atoms with Gasteiger partial charge in [-0.1, -0.05) is 103 Å². The molecule has 0 aliphatic carbocycles. The second-order valence-corrected chi connectivity index (χ2v) is 9.27. The van der Waals surface area contributed by atoms with Crippen LogP contribution in [-0.4, -0.2) is 4.98 Å². The smallest absolute Gasteiger partial charge is 0.141 e. The number of pyridine rings is 1. The predicted molar refractivity (Wildman–Crippen MR) is 158 cm³/mol. The van der Waals surface area contributed by atoms with Gasteiger partial charge in [0, 0.05) is 17.5 Å². The molecule has 0 bridgehead atoms. The van der Waals surface area contributed by atoms with Crippen LogP contribution in [0.3, 0.4) is 0 Å². The lowest BCUT2D eigenvalue weighted by atomic mass is 9.86. The van der Waals surface area contributed by atoms with Crippen LogP contribution in [-0.2, 0) is 6.42 Å². The second-order valence-electron chi connectivity index (χ2n) is 9.27. The first kappa shape index (κ1) is 23.2. The van der Waals surface area contributed by atoms with Crippen molar-refractivity contribution in [2.45, 2.75) is 6.42 Å². The minimum atomic E-state index is 0.354. The number of fused-ring (bicyclic) bond motifs is 3. The number of nitriles is 1. The second kappa shape index (κ2) is 10.0. The molecule has 38 heavy (non-hydrogen) atoms. The van der Waals surface area contributed by atoms with Crippen LogP contribution in [0.5, 0.6) is 0 Å². The predicted octanol–water partition coefficient (Wildman–Crippen LogP) is 8.18. The van der Waals surface area contributed by atoms with Crippen LogP contribution in [0.4, 0.5) is 0 Å². The summed E-state index contributed by atoms with van der Waals surface area (Å²) in [7, 11) is 0. The molecule has 0 amide bonds. The van der Waals surface area contributed by atoms with E-state index in [-0.39, 0.29) is 0 Å². The molecular formula is C35H25N3. The molecule has 0 unspecified atom stereocenters. The number of allylic oxidation sites excluding steroid dienone is 3. The maximum atomic E-state index is 9.11. The van der Waals surface area contributed by atoms with E-state index >= 15 is 0 Å². The van der Waals surface area contributed by atoms with Crippen molar-refractivity contribution < 1.29 is 0 Å². The van der Waals surface area contributed by atoms with Gasteiger partial charge < -0.3 is 5.73 Å². The third kappa shape index (κ3) is 4.19. The molecule has 6 aromatic rings. The van der Waals surface area contributed by atoms with E-state index < -0.39 is 0 Å². The Balaban J connectivity index is 1.48. The lowest BCUT2D eigenvalue weighted by molar-refractivity contribution is 1.25. The Morgan fingerprint density at radius 2 is 1.39 bits per heavy atom. The van der Waals surface area contributed by atoms with Crippen LogP contribution in [0.1, 0.15) is 16.8 Å². The third-order valence-electron chi connectivity index (χ3n) is 7.04. The standard InChI is InChI=1S/C35H25N3/c36-23-26-22-25(20-21-38-26)34(37)19-8-7-13-28-29-14-3-5-16-32(29)35(33-17-6-4-15-30(28)33)31-18-9-11-24-10-1-2-12-27(24)31/h1-12,14-22H,13,37H2/b8-7-,34-19-. The fraction of sp³-hybridized carbons (Fsp3) is 0.0286. The average molecular weight is 488 g/mol. The third-order valence-corrected chi connectivity index (χ3v) is 7.04. The first-order valence-corrected chi connectivity index (χ1v) is 12.6. The minimum absolute atomic E-state index is 0.354. The molecule has 2 N–H and O–H groups in total. The molecule has 0 saturated heterocycles. The summed E-state index contributed by atoms with van der Waals surface area (Å²) in [6.07, 6.45) is 8.38. The van der Waals surface area contributed by atoms with Crippen molar-refractivity contribution in [3.63, 3.8) is 0 Å². The van der Waals surface area contributed by atoms with Crippen LogP contribution in [0, 0.1) is 11.3 Å². The molecule has 0 aliphatic heterocycles. The highest BCUT2D eigenvalue weighted by atomic mass is 14.7. The minimum Gasteiger partial charge on any atom is -0.398 e. The van der Waals surface area contributed by atoms with Gasteiger partial charge in [0.05, 0.1) is 0 Å². The van der Waals surface area contributed by atoms with Crippen LogP contribution in [0.15, 0.2) is 128 Å². The van der Waals surface area contributed by atoms with E-state index in [1.165, 1.54) is 49.0 Å². The summed E-state index contributed by atoms with van der Waals surface area (Å²) < 4.78 is 0. The molecule has 3 heteroatoms. The number of nitrogens with zero attached hydrogens (tertiary/aromatic N) is 2. The Morgan fingerprint density at radius 3 is 2.11 bits per heavy atom. The summed E-state index contributed by atoms with van der Waals surface area (Å²) in [4.78, 5) is 4.02. The van der Waals surface area contributed by atoms with Crippen molar-refractivity contribution in [2.75, 3.05) is 0 Å². The first-order valence-electron chi connectivity index (χ1n) is 12.6. The van der Waals surface area contributed by atoms with E-state index in [9.17, 15) is 0 Å². The SMILES string of the molecule is N#Cc1cc(/C(N)=C/C=C\Cc2c3ccccc3c(-c3cccc4ccccc34)c3ccccc23)ccn1. The molecule has 0 saturated carbocycles. The highest BCUT2D eigenvalue weighted by Crippen LogP contribution is 2.41. The van der Waals surface area contributed by atoms with Gasteiger partial charge in [0.2, 0.25) is 0 Å². The summed E-state index contributed by atoms with van der Waals surface area (Å²) in [5.74, 6) is 0. The number of aromatic nitrogens is 1. The quantitative estimate of drug-likeness (QED) is 0.197. The highest BCUT2D eigenvalue weighted by molar-refractivity contribution is 6.18.